The first-order chi connectivity index (χ1) is 18.2. The molecule has 10 heteroatoms. The van der Waals surface area contributed by atoms with Gasteiger partial charge in [-0.25, -0.2) is 0 Å². The fourth-order valence-electron chi connectivity index (χ4n) is 7.05. The van der Waals surface area contributed by atoms with Gasteiger partial charge >= 0.3 is 0 Å². The molecular formula is C28H44N4O6. The molecule has 4 rings (SSSR count). The number of carbonyl (C=O) groups excluding carboxylic acids is 3. The Labute approximate surface area is 226 Å². The topological polar surface area (TPSA) is 103 Å². The van der Waals surface area contributed by atoms with Gasteiger partial charge in [0.25, 0.3) is 0 Å². The molecule has 212 valence electrons. The van der Waals surface area contributed by atoms with Crippen molar-refractivity contribution in [2.45, 2.75) is 56.4 Å². The lowest BCUT2D eigenvalue weighted by molar-refractivity contribution is -0.156. The fraction of sp³-hybridized carbons (Fsp3) is 0.750. The number of aliphatic hydroxyl groups is 1. The average Bonchev–Trinajstić information content (AvgIpc) is 3.48. The highest BCUT2D eigenvalue weighted by Gasteiger charge is 2.78. The van der Waals surface area contributed by atoms with Crippen LogP contribution in [0.5, 0.6) is 0 Å². The number of ether oxygens (including phenoxy) is 2. The number of nitrogens with zero attached hydrogens (tertiary/aromatic N) is 4. The van der Waals surface area contributed by atoms with Crippen LogP contribution in [0, 0.1) is 11.8 Å². The number of hydrogen-bond acceptors (Lipinski definition) is 7. The van der Waals surface area contributed by atoms with E-state index in [1.54, 1.807) is 33.9 Å². The number of fused-ring (bicyclic) bond motifs is 1. The largest absolute Gasteiger partial charge is 0.394 e. The number of likely N-dealkylation sites (tertiary alicyclic amines) is 1. The summed E-state index contributed by atoms with van der Waals surface area (Å²) in [4.78, 5) is 49.4. The lowest BCUT2D eigenvalue weighted by atomic mass is 9.66. The first-order valence-electron chi connectivity index (χ1n) is 13.9. The van der Waals surface area contributed by atoms with Gasteiger partial charge in [-0.1, -0.05) is 19.1 Å². The highest BCUT2D eigenvalue weighted by molar-refractivity contribution is 5.99. The minimum atomic E-state index is -1.11. The van der Waals surface area contributed by atoms with Crippen LogP contribution >= 0.6 is 0 Å². The predicted molar refractivity (Wildman–Crippen MR) is 142 cm³/mol. The van der Waals surface area contributed by atoms with E-state index in [0.717, 1.165) is 13.1 Å². The number of hydrogen-bond donors (Lipinski definition) is 1. The van der Waals surface area contributed by atoms with E-state index >= 15 is 0 Å². The van der Waals surface area contributed by atoms with Gasteiger partial charge in [0.2, 0.25) is 17.7 Å². The van der Waals surface area contributed by atoms with Crippen LogP contribution in [0.3, 0.4) is 0 Å². The zero-order valence-electron chi connectivity index (χ0n) is 23.1. The summed E-state index contributed by atoms with van der Waals surface area (Å²) in [5, 5.41) is 10.3. The third kappa shape index (κ3) is 4.69. The Bertz CT molecular complexity index is 934. The summed E-state index contributed by atoms with van der Waals surface area (Å²) in [6.07, 6.45) is 4.92. The number of likely N-dealkylation sites (N-methyl/N-ethyl adjacent to an activating group) is 1. The smallest absolute Gasteiger partial charge is 0.248 e. The van der Waals surface area contributed by atoms with Crippen LogP contribution in [0.1, 0.15) is 33.1 Å². The van der Waals surface area contributed by atoms with Gasteiger partial charge in [-0.2, -0.15) is 0 Å². The van der Waals surface area contributed by atoms with Crippen LogP contribution in [0.4, 0.5) is 0 Å². The van der Waals surface area contributed by atoms with E-state index < -0.39 is 35.1 Å². The number of morpholine rings is 1. The van der Waals surface area contributed by atoms with E-state index in [2.05, 4.69) is 18.1 Å². The van der Waals surface area contributed by atoms with Gasteiger partial charge in [0.05, 0.1) is 43.3 Å². The molecule has 0 aliphatic carbocycles. The van der Waals surface area contributed by atoms with Crippen LogP contribution in [-0.2, 0) is 23.9 Å². The average molecular weight is 533 g/mol. The van der Waals surface area contributed by atoms with Gasteiger partial charge in [0, 0.05) is 46.3 Å². The van der Waals surface area contributed by atoms with Crippen LogP contribution in [0.15, 0.2) is 25.3 Å². The number of aliphatic hydroxyl groups excluding tert-OH is 1. The van der Waals surface area contributed by atoms with E-state index in [1.807, 2.05) is 13.8 Å². The Morgan fingerprint density at radius 1 is 1.18 bits per heavy atom. The second-order valence-electron chi connectivity index (χ2n) is 11.3. The van der Waals surface area contributed by atoms with Gasteiger partial charge in [-0.15, -0.1) is 13.2 Å². The maximum Gasteiger partial charge on any atom is 0.248 e. The molecule has 4 aliphatic rings. The summed E-state index contributed by atoms with van der Waals surface area (Å²) in [5.74, 6) is -2.14. The maximum absolute atomic E-state index is 14.4. The standard InChI is InChI=1S/C28H44N4O6/c1-6-11-29(5)24(34)21-22-25(35)32(20(8-3)19-33)23(28(22)10-9-27(21,4)38-28)26(36)31(12-7-2)14-13-30-15-17-37-18-16-30/h6-7,20-23,33H,1-2,8-19H2,3-5H3/t20-,21+,22-,23?,27-,28?/m0/s1. The summed E-state index contributed by atoms with van der Waals surface area (Å²) in [6, 6.07) is -1.45. The van der Waals surface area contributed by atoms with Crippen molar-refractivity contribution in [1.82, 2.24) is 19.6 Å². The molecule has 0 aromatic rings. The first kappa shape index (κ1) is 28.7. The van der Waals surface area contributed by atoms with Crippen molar-refractivity contribution in [2.75, 3.05) is 66.1 Å². The minimum absolute atomic E-state index is 0.173. The van der Waals surface area contributed by atoms with Gasteiger partial charge in [-0.3, -0.25) is 19.3 Å². The molecular weight excluding hydrogens is 488 g/mol. The predicted octanol–water partition coefficient (Wildman–Crippen LogP) is 0.513. The maximum atomic E-state index is 14.4. The quantitative estimate of drug-likeness (QED) is 0.366. The molecule has 6 atom stereocenters. The molecule has 1 spiro atoms. The van der Waals surface area contributed by atoms with E-state index in [9.17, 15) is 19.5 Å². The highest BCUT2D eigenvalue weighted by atomic mass is 16.5. The van der Waals surface area contributed by atoms with Gasteiger partial charge in [0.15, 0.2) is 0 Å². The minimum Gasteiger partial charge on any atom is -0.394 e. The van der Waals surface area contributed by atoms with Crippen molar-refractivity contribution in [3.05, 3.63) is 25.3 Å². The van der Waals surface area contributed by atoms with E-state index in [-0.39, 0.29) is 24.3 Å². The molecule has 0 aromatic heterocycles. The van der Waals surface area contributed by atoms with Crippen molar-refractivity contribution < 1.29 is 29.0 Å². The van der Waals surface area contributed by atoms with Crippen LogP contribution in [0.2, 0.25) is 0 Å². The molecule has 4 heterocycles. The van der Waals surface area contributed by atoms with Crippen molar-refractivity contribution >= 4 is 17.7 Å². The van der Waals surface area contributed by atoms with Crippen molar-refractivity contribution in [3.8, 4) is 0 Å². The van der Waals surface area contributed by atoms with Crippen molar-refractivity contribution in [2.24, 2.45) is 11.8 Å². The highest BCUT2D eigenvalue weighted by Crippen LogP contribution is 2.63. The lowest BCUT2D eigenvalue weighted by Crippen LogP contribution is -2.59. The zero-order valence-corrected chi connectivity index (χ0v) is 23.1. The van der Waals surface area contributed by atoms with Crippen LogP contribution < -0.4 is 0 Å². The Hall–Kier alpha value is -2.27. The second-order valence-corrected chi connectivity index (χ2v) is 11.3. The Morgan fingerprint density at radius 3 is 2.47 bits per heavy atom. The Balaban J connectivity index is 1.70. The van der Waals surface area contributed by atoms with Crippen molar-refractivity contribution in [1.29, 1.82) is 0 Å². The summed E-state index contributed by atoms with van der Waals surface area (Å²) in [7, 11) is 1.70. The van der Waals surface area contributed by atoms with Crippen LogP contribution in [0.25, 0.3) is 0 Å². The normalized spacial score (nSPS) is 33.2. The Kier molecular flexibility index (Phi) is 8.66. The van der Waals surface area contributed by atoms with Crippen LogP contribution in [-0.4, -0.2) is 132 Å². The first-order valence-corrected chi connectivity index (χ1v) is 13.9. The number of carbonyl (C=O) groups is 3. The third-order valence-corrected chi connectivity index (χ3v) is 9.02. The SMILES string of the molecule is C=CCN(C)C(=O)[C@H]1[C@H]2C(=O)N([C@@H](CC)CO)C(C(=O)N(CC=C)CCN3CCOCC3)C23CC[C@]1(C)O3. The van der Waals surface area contributed by atoms with Crippen molar-refractivity contribution in [3.63, 3.8) is 0 Å². The molecule has 4 saturated heterocycles. The molecule has 2 bridgehead atoms. The molecule has 2 unspecified atom stereocenters. The molecule has 4 fully saturated rings. The second kappa shape index (κ2) is 11.5. The summed E-state index contributed by atoms with van der Waals surface area (Å²) in [6.45, 7) is 15.9. The molecule has 3 amide bonds. The van der Waals surface area contributed by atoms with E-state index in [0.29, 0.717) is 58.7 Å². The molecule has 0 saturated carbocycles. The summed E-state index contributed by atoms with van der Waals surface area (Å²) >= 11 is 0. The summed E-state index contributed by atoms with van der Waals surface area (Å²) < 4.78 is 12.2. The van der Waals surface area contributed by atoms with Gasteiger partial charge < -0.3 is 29.3 Å². The molecule has 0 radical (unpaired) electrons. The molecule has 38 heavy (non-hydrogen) atoms. The van der Waals surface area contributed by atoms with E-state index in [4.69, 9.17) is 9.47 Å². The third-order valence-electron chi connectivity index (χ3n) is 9.02. The number of amides is 3. The fourth-order valence-corrected chi connectivity index (χ4v) is 7.05. The molecule has 1 N–H and O–H groups in total. The van der Waals surface area contributed by atoms with E-state index in [1.165, 1.54) is 0 Å². The number of rotatable bonds is 12. The molecule has 4 aliphatic heterocycles. The Morgan fingerprint density at radius 2 is 1.87 bits per heavy atom. The monoisotopic (exact) mass is 532 g/mol. The zero-order chi connectivity index (χ0) is 27.7. The van der Waals surface area contributed by atoms with Gasteiger partial charge in [0.1, 0.15) is 11.6 Å². The molecule has 0 aromatic carbocycles. The lowest BCUT2D eigenvalue weighted by Gasteiger charge is -2.39. The summed E-state index contributed by atoms with van der Waals surface area (Å²) in [5.41, 5.74) is -1.95. The van der Waals surface area contributed by atoms with Gasteiger partial charge in [-0.05, 0) is 26.2 Å². The molecule has 10 nitrogen and oxygen atoms in total.